The summed E-state index contributed by atoms with van der Waals surface area (Å²) in [5.74, 6) is -1.55. The molecule has 1 aromatic heterocycles. The van der Waals surface area contributed by atoms with E-state index in [0.29, 0.717) is 17.0 Å². The quantitative estimate of drug-likeness (QED) is 0.795. The highest BCUT2D eigenvalue weighted by Crippen LogP contribution is 2.18. The average molecular weight is 340 g/mol. The van der Waals surface area contributed by atoms with E-state index in [-0.39, 0.29) is 18.0 Å². The van der Waals surface area contributed by atoms with E-state index in [4.69, 9.17) is 12.2 Å². The molecule has 0 aliphatic rings. The van der Waals surface area contributed by atoms with E-state index in [0.717, 1.165) is 12.5 Å². The lowest BCUT2D eigenvalue weighted by Crippen LogP contribution is -2.31. The number of benzene rings is 1. The summed E-state index contributed by atoms with van der Waals surface area (Å²) in [5, 5.41) is 9.38. The predicted octanol–water partition coefficient (Wildman–Crippen LogP) is 3.05. The lowest BCUT2D eigenvalue weighted by molar-refractivity contribution is -0.122. The highest BCUT2D eigenvalue weighted by molar-refractivity contribution is 7.71. The molecule has 2 rings (SSSR count). The van der Waals surface area contributed by atoms with Gasteiger partial charge in [0.15, 0.2) is 16.4 Å². The highest BCUT2D eigenvalue weighted by Gasteiger charge is 2.17. The van der Waals surface area contributed by atoms with E-state index in [2.05, 4.69) is 15.5 Å². The van der Waals surface area contributed by atoms with E-state index in [1.54, 1.807) is 11.5 Å². The van der Waals surface area contributed by atoms with Crippen molar-refractivity contribution in [2.24, 2.45) is 0 Å². The number of nitrogens with zero attached hydrogens (tertiary/aromatic N) is 2. The van der Waals surface area contributed by atoms with Crippen molar-refractivity contribution in [2.45, 2.75) is 39.3 Å². The molecule has 0 bridgehead atoms. The van der Waals surface area contributed by atoms with Crippen LogP contribution in [0.25, 0.3) is 0 Å². The molecule has 0 fully saturated rings. The molecule has 1 atom stereocenters. The molecular weight excluding hydrogens is 322 g/mol. The lowest BCUT2D eigenvalue weighted by Gasteiger charge is -2.16. The van der Waals surface area contributed by atoms with Crippen molar-refractivity contribution in [1.29, 1.82) is 0 Å². The van der Waals surface area contributed by atoms with E-state index in [9.17, 15) is 13.6 Å². The second kappa shape index (κ2) is 7.45. The van der Waals surface area contributed by atoms with Gasteiger partial charge in [0.05, 0.1) is 6.04 Å². The zero-order valence-corrected chi connectivity index (χ0v) is 13.7. The number of aromatic amines is 1. The fourth-order valence-electron chi connectivity index (χ4n) is 2.29. The van der Waals surface area contributed by atoms with Gasteiger partial charge >= 0.3 is 0 Å². The zero-order valence-electron chi connectivity index (χ0n) is 12.9. The Bertz CT molecular complexity index is 756. The van der Waals surface area contributed by atoms with Crippen LogP contribution in [0, 0.1) is 16.4 Å². The molecule has 0 spiro atoms. The molecule has 0 saturated heterocycles. The molecule has 1 aromatic carbocycles. The lowest BCUT2D eigenvalue weighted by atomic mass is 10.1. The van der Waals surface area contributed by atoms with Gasteiger partial charge in [-0.1, -0.05) is 19.1 Å². The minimum atomic E-state index is -0.952. The number of hydrogen-bond acceptors (Lipinski definition) is 3. The molecule has 1 amide bonds. The molecule has 1 unspecified atom stereocenters. The third-order valence-electron chi connectivity index (χ3n) is 3.44. The van der Waals surface area contributed by atoms with Crippen LogP contribution in [-0.2, 0) is 17.8 Å². The number of hydrogen-bond donors (Lipinski definition) is 2. The Labute approximate surface area is 137 Å². The molecule has 2 N–H and O–H groups in total. The van der Waals surface area contributed by atoms with Crippen LogP contribution in [0.2, 0.25) is 0 Å². The Kier molecular flexibility index (Phi) is 5.59. The first-order chi connectivity index (χ1) is 10.9. The minimum absolute atomic E-state index is 0.0219. The van der Waals surface area contributed by atoms with Crippen molar-refractivity contribution < 1.29 is 13.6 Å². The maximum atomic E-state index is 13.7. The second-order valence-corrected chi connectivity index (χ2v) is 5.60. The van der Waals surface area contributed by atoms with Crippen molar-refractivity contribution >= 4 is 18.1 Å². The Hall–Kier alpha value is -2.09. The van der Waals surface area contributed by atoms with Crippen molar-refractivity contribution in [3.05, 3.63) is 46.0 Å². The van der Waals surface area contributed by atoms with Crippen LogP contribution in [0.4, 0.5) is 8.78 Å². The van der Waals surface area contributed by atoms with Crippen LogP contribution < -0.4 is 5.32 Å². The van der Waals surface area contributed by atoms with Crippen molar-refractivity contribution in [3.8, 4) is 0 Å². The van der Waals surface area contributed by atoms with Gasteiger partial charge in [-0.15, -0.1) is 0 Å². The van der Waals surface area contributed by atoms with Crippen molar-refractivity contribution in [3.63, 3.8) is 0 Å². The Morgan fingerprint density at radius 2 is 2.22 bits per heavy atom. The van der Waals surface area contributed by atoms with Crippen LogP contribution in [0.1, 0.15) is 37.7 Å². The van der Waals surface area contributed by atoms with Crippen LogP contribution in [0.15, 0.2) is 18.2 Å². The van der Waals surface area contributed by atoms with Gasteiger partial charge in [0.2, 0.25) is 5.91 Å². The first kappa shape index (κ1) is 17.3. The fourth-order valence-corrected chi connectivity index (χ4v) is 2.51. The molecule has 23 heavy (non-hydrogen) atoms. The van der Waals surface area contributed by atoms with Gasteiger partial charge in [0, 0.05) is 12.0 Å². The molecule has 0 aliphatic carbocycles. The van der Waals surface area contributed by atoms with Gasteiger partial charge in [-0.3, -0.25) is 14.5 Å². The number of amides is 1. The molecule has 0 radical (unpaired) electrons. The van der Waals surface area contributed by atoms with Crippen molar-refractivity contribution in [2.75, 3.05) is 0 Å². The van der Waals surface area contributed by atoms with Gasteiger partial charge in [-0.2, -0.15) is 5.10 Å². The summed E-state index contributed by atoms with van der Waals surface area (Å²) in [7, 11) is 0. The van der Waals surface area contributed by atoms with Crippen LogP contribution in [-0.4, -0.2) is 20.7 Å². The first-order valence-corrected chi connectivity index (χ1v) is 7.72. The normalized spacial score (nSPS) is 12.2. The summed E-state index contributed by atoms with van der Waals surface area (Å²) < 4.78 is 29.0. The van der Waals surface area contributed by atoms with Crippen LogP contribution in [0.3, 0.4) is 0 Å². The Morgan fingerprint density at radius 1 is 1.48 bits per heavy atom. The summed E-state index contributed by atoms with van der Waals surface area (Å²) in [5.41, 5.74) is 0.0999. The monoisotopic (exact) mass is 340 g/mol. The van der Waals surface area contributed by atoms with Gasteiger partial charge < -0.3 is 5.32 Å². The molecular formula is C15H18F2N4OS. The molecule has 2 aromatic rings. The predicted molar refractivity (Wildman–Crippen MR) is 84.3 cm³/mol. The van der Waals surface area contributed by atoms with Crippen LogP contribution >= 0.6 is 12.2 Å². The number of carbonyl (C=O) groups is 1. The number of H-pyrrole nitrogens is 1. The Morgan fingerprint density at radius 3 is 2.91 bits per heavy atom. The number of nitrogens with one attached hydrogen (secondary N) is 2. The third-order valence-corrected chi connectivity index (χ3v) is 3.75. The van der Waals surface area contributed by atoms with E-state index in [1.807, 2.05) is 6.92 Å². The molecule has 5 nitrogen and oxygen atoms in total. The van der Waals surface area contributed by atoms with Gasteiger partial charge in [0.1, 0.15) is 12.4 Å². The number of aryl methyl sites for hydroxylation is 1. The summed E-state index contributed by atoms with van der Waals surface area (Å²) in [6, 6.07) is 3.22. The number of halogens is 2. The molecule has 1 heterocycles. The number of aromatic nitrogens is 3. The fraction of sp³-hybridized carbons (Fsp3) is 0.400. The highest BCUT2D eigenvalue weighted by atomic mass is 32.1. The van der Waals surface area contributed by atoms with Gasteiger partial charge in [0.25, 0.3) is 0 Å². The molecule has 0 saturated carbocycles. The molecule has 8 heteroatoms. The maximum absolute atomic E-state index is 13.7. The first-order valence-electron chi connectivity index (χ1n) is 7.31. The van der Waals surface area contributed by atoms with Crippen molar-refractivity contribution in [1.82, 2.24) is 20.1 Å². The van der Waals surface area contributed by atoms with Gasteiger partial charge in [-0.25, -0.2) is 8.78 Å². The average Bonchev–Trinajstić information content (AvgIpc) is 2.83. The summed E-state index contributed by atoms with van der Waals surface area (Å²) >= 11 is 5.11. The van der Waals surface area contributed by atoms with E-state index < -0.39 is 17.7 Å². The zero-order chi connectivity index (χ0) is 17.0. The number of carbonyl (C=O) groups excluding carboxylic acids is 1. The summed E-state index contributed by atoms with van der Waals surface area (Å²) in [6.07, 6.45) is 1.56. The Balaban J connectivity index is 2.09. The topological polar surface area (TPSA) is 62.7 Å². The smallest absolute Gasteiger partial charge is 0.240 e. The SMILES string of the molecule is CCCc1n[nH]c(=S)n1CC(=O)NC(C)c1cccc(F)c1F. The van der Waals surface area contributed by atoms with E-state index in [1.165, 1.54) is 12.1 Å². The molecule has 0 aliphatic heterocycles. The van der Waals surface area contributed by atoms with Gasteiger partial charge in [-0.05, 0) is 31.6 Å². The summed E-state index contributed by atoms with van der Waals surface area (Å²) in [4.78, 5) is 12.2. The van der Waals surface area contributed by atoms with E-state index >= 15 is 0 Å². The largest absolute Gasteiger partial charge is 0.348 e. The van der Waals surface area contributed by atoms with Crippen LogP contribution in [0.5, 0.6) is 0 Å². The minimum Gasteiger partial charge on any atom is -0.348 e. The summed E-state index contributed by atoms with van der Waals surface area (Å²) in [6.45, 7) is 3.57. The second-order valence-electron chi connectivity index (χ2n) is 5.21. The third kappa shape index (κ3) is 4.01. The molecule has 124 valence electrons. The number of rotatable bonds is 6. The maximum Gasteiger partial charge on any atom is 0.240 e. The standard InChI is InChI=1S/C15H18F2N4OS/c1-3-5-12-19-20-15(23)21(12)8-13(22)18-9(2)10-6-4-7-11(16)14(10)17/h4,6-7,9H,3,5,8H2,1-2H3,(H,18,22)(H,20,23).